The van der Waals surface area contributed by atoms with Gasteiger partial charge in [-0.15, -0.1) is 0 Å². The highest BCUT2D eigenvalue weighted by Crippen LogP contribution is 2.27. The first-order chi connectivity index (χ1) is 8.84. The van der Waals surface area contributed by atoms with Crippen LogP contribution in [0.4, 0.5) is 5.69 Å². The van der Waals surface area contributed by atoms with Crippen LogP contribution in [-0.2, 0) is 14.8 Å². The van der Waals surface area contributed by atoms with E-state index in [0.29, 0.717) is 5.75 Å². The monoisotopic (exact) mass is 307 g/mol. The number of nitrogens with one attached hydrogen (secondary N) is 1. The smallest absolute Gasteiger partial charge is 0.303 e. The first-order valence-corrected chi connectivity index (χ1v) is 7.43. The Labute approximate surface area is 116 Å². The van der Waals surface area contributed by atoms with Crippen LogP contribution in [0.5, 0.6) is 5.75 Å². The molecule has 0 atom stereocenters. The van der Waals surface area contributed by atoms with Gasteiger partial charge in [-0.1, -0.05) is 11.6 Å². The summed E-state index contributed by atoms with van der Waals surface area (Å²) in [5, 5.41) is 8.70. The predicted octanol–water partition coefficient (Wildman–Crippen LogP) is 1.96. The third kappa shape index (κ3) is 5.35. The maximum atomic E-state index is 11.7. The zero-order valence-corrected chi connectivity index (χ0v) is 11.8. The summed E-state index contributed by atoms with van der Waals surface area (Å²) in [6, 6.07) is 4.57. The van der Waals surface area contributed by atoms with Gasteiger partial charge in [0.05, 0.1) is 23.6 Å². The first kappa shape index (κ1) is 15.6. The third-order valence-corrected chi connectivity index (χ3v) is 3.93. The fraction of sp³-hybridized carbons (Fsp3) is 0.364. The second-order valence-corrected chi connectivity index (χ2v) is 6.01. The standard InChI is InChI=1S/C11H14ClNO5S/c1-18-8-4-5-9(12)10(7-8)13-19(16,17)6-2-3-11(14)15/h4-5,7,13H,2-3,6H2,1H3,(H,14,15). The Morgan fingerprint density at radius 3 is 2.74 bits per heavy atom. The highest BCUT2D eigenvalue weighted by Gasteiger charge is 2.14. The Hall–Kier alpha value is -1.47. The SMILES string of the molecule is COc1ccc(Cl)c(NS(=O)(=O)CCCC(=O)O)c1. The minimum atomic E-state index is -3.63. The third-order valence-electron chi connectivity index (χ3n) is 2.24. The van der Waals surface area contributed by atoms with Crippen LogP contribution in [0.15, 0.2) is 18.2 Å². The average molecular weight is 308 g/mol. The molecule has 2 N–H and O–H groups in total. The maximum absolute atomic E-state index is 11.7. The molecule has 0 unspecified atom stereocenters. The van der Waals surface area contributed by atoms with E-state index in [9.17, 15) is 13.2 Å². The number of halogens is 1. The first-order valence-electron chi connectivity index (χ1n) is 5.40. The Morgan fingerprint density at radius 2 is 2.16 bits per heavy atom. The van der Waals surface area contributed by atoms with Crippen LogP contribution in [-0.4, -0.2) is 32.4 Å². The van der Waals surface area contributed by atoms with Gasteiger partial charge in [-0.3, -0.25) is 9.52 Å². The van der Waals surface area contributed by atoms with Crippen LogP contribution < -0.4 is 9.46 Å². The van der Waals surface area contributed by atoms with E-state index in [4.69, 9.17) is 21.4 Å². The number of carboxylic acid groups (broad SMARTS) is 1. The molecule has 0 aliphatic carbocycles. The molecular weight excluding hydrogens is 294 g/mol. The highest BCUT2D eigenvalue weighted by molar-refractivity contribution is 7.92. The van der Waals surface area contributed by atoms with Crippen molar-refractivity contribution in [2.24, 2.45) is 0 Å². The summed E-state index contributed by atoms with van der Waals surface area (Å²) in [7, 11) is -2.18. The van der Waals surface area contributed by atoms with E-state index < -0.39 is 16.0 Å². The van der Waals surface area contributed by atoms with Gasteiger partial charge in [0.1, 0.15) is 5.75 Å². The topological polar surface area (TPSA) is 92.7 Å². The molecule has 0 aliphatic rings. The number of ether oxygens (including phenoxy) is 1. The Kier molecular flexibility index (Phi) is 5.44. The Balaban J connectivity index is 2.74. The van der Waals surface area contributed by atoms with Crippen LogP contribution in [0.2, 0.25) is 5.02 Å². The van der Waals surface area contributed by atoms with Gasteiger partial charge < -0.3 is 9.84 Å². The lowest BCUT2D eigenvalue weighted by molar-refractivity contribution is -0.137. The number of methoxy groups -OCH3 is 1. The van der Waals surface area contributed by atoms with Crippen molar-refractivity contribution in [3.63, 3.8) is 0 Å². The van der Waals surface area contributed by atoms with E-state index in [2.05, 4.69) is 4.72 Å². The molecule has 0 aliphatic heterocycles. The number of carboxylic acids is 1. The van der Waals surface area contributed by atoms with Gasteiger partial charge in [0.25, 0.3) is 0 Å². The highest BCUT2D eigenvalue weighted by atomic mass is 35.5. The van der Waals surface area contributed by atoms with Crippen molar-refractivity contribution in [3.05, 3.63) is 23.2 Å². The molecule has 0 amide bonds. The average Bonchev–Trinajstić information content (AvgIpc) is 2.31. The normalized spacial score (nSPS) is 11.1. The van der Waals surface area contributed by atoms with E-state index in [1.54, 1.807) is 6.07 Å². The van der Waals surface area contributed by atoms with Gasteiger partial charge in [0, 0.05) is 12.5 Å². The number of hydrogen-bond acceptors (Lipinski definition) is 4. The Bertz CT molecular complexity index is 558. The van der Waals surface area contributed by atoms with Crippen molar-refractivity contribution in [3.8, 4) is 5.75 Å². The maximum Gasteiger partial charge on any atom is 0.303 e. The van der Waals surface area contributed by atoms with Crippen LogP contribution in [0.3, 0.4) is 0 Å². The molecule has 0 bridgehead atoms. The quantitative estimate of drug-likeness (QED) is 0.803. The molecule has 6 nitrogen and oxygen atoms in total. The van der Waals surface area contributed by atoms with Crippen LogP contribution in [0.25, 0.3) is 0 Å². The fourth-order valence-electron chi connectivity index (χ4n) is 1.34. The number of sulfonamides is 1. The molecule has 8 heteroatoms. The molecule has 0 fully saturated rings. The van der Waals surface area contributed by atoms with Gasteiger partial charge in [-0.05, 0) is 18.6 Å². The van der Waals surface area contributed by atoms with E-state index in [0.717, 1.165) is 0 Å². The number of aliphatic carboxylic acids is 1. The number of anilines is 1. The predicted molar refractivity (Wildman–Crippen MR) is 72.3 cm³/mol. The summed E-state index contributed by atoms with van der Waals surface area (Å²) in [6.07, 6.45) is -0.168. The molecule has 0 saturated carbocycles. The molecule has 106 valence electrons. The molecule has 0 spiro atoms. The summed E-state index contributed by atoms with van der Waals surface area (Å²) in [4.78, 5) is 10.3. The van der Waals surface area contributed by atoms with Gasteiger partial charge >= 0.3 is 5.97 Å². The number of benzene rings is 1. The molecule has 1 aromatic carbocycles. The van der Waals surface area contributed by atoms with Crippen molar-refractivity contribution in [2.75, 3.05) is 17.6 Å². The van der Waals surface area contributed by atoms with E-state index in [-0.39, 0.29) is 29.3 Å². The lowest BCUT2D eigenvalue weighted by Crippen LogP contribution is -2.17. The van der Waals surface area contributed by atoms with Crippen molar-refractivity contribution in [1.82, 2.24) is 0 Å². The second kappa shape index (κ2) is 6.63. The van der Waals surface area contributed by atoms with Crippen molar-refractivity contribution in [1.29, 1.82) is 0 Å². The molecule has 19 heavy (non-hydrogen) atoms. The van der Waals surface area contributed by atoms with Gasteiger partial charge in [0.15, 0.2) is 0 Å². The van der Waals surface area contributed by atoms with Crippen LogP contribution >= 0.6 is 11.6 Å². The molecule has 1 aromatic rings. The summed E-state index contributed by atoms with van der Waals surface area (Å²) >= 11 is 5.87. The summed E-state index contributed by atoms with van der Waals surface area (Å²) in [5.41, 5.74) is 0.205. The van der Waals surface area contributed by atoms with E-state index in [1.165, 1.54) is 19.2 Å². The molecule has 0 saturated heterocycles. The van der Waals surface area contributed by atoms with E-state index >= 15 is 0 Å². The van der Waals surface area contributed by atoms with Gasteiger partial charge in [0.2, 0.25) is 10.0 Å². The van der Waals surface area contributed by atoms with Gasteiger partial charge in [-0.2, -0.15) is 0 Å². The Morgan fingerprint density at radius 1 is 1.47 bits per heavy atom. The number of rotatable bonds is 7. The summed E-state index contributed by atoms with van der Waals surface area (Å²) in [6.45, 7) is 0. The zero-order valence-electron chi connectivity index (χ0n) is 10.2. The molecule has 0 radical (unpaired) electrons. The fourth-order valence-corrected chi connectivity index (χ4v) is 2.69. The molecule has 0 heterocycles. The largest absolute Gasteiger partial charge is 0.497 e. The van der Waals surface area contributed by atoms with Crippen LogP contribution in [0.1, 0.15) is 12.8 Å². The molecule has 0 aromatic heterocycles. The van der Waals surface area contributed by atoms with Crippen molar-refractivity contribution >= 4 is 33.3 Å². The van der Waals surface area contributed by atoms with Crippen molar-refractivity contribution < 1.29 is 23.1 Å². The lowest BCUT2D eigenvalue weighted by Gasteiger charge is -2.10. The van der Waals surface area contributed by atoms with Gasteiger partial charge in [-0.25, -0.2) is 8.42 Å². The zero-order chi connectivity index (χ0) is 14.5. The van der Waals surface area contributed by atoms with Crippen LogP contribution in [0, 0.1) is 0 Å². The van der Waals surface area contributed by atoms with Crippen molar-refractivity contribution in [2.45, 2.75) is 12.8 Å². The number of carbonyl (C=O) groups is 1. The molecule has 1 rings (SSSR count). The minimum absolute atomic E-state index is 0.0340. The minimum Gasteiger partial charge on any atom is -0.497 e. The lowest BCUT2D eigenvalue weighted by atomic mass is 10.3. The summed E-state index contributed by atoms with van der Waals surface area (Å²) < 4.78 is 30.7. The molecular formula is C11H14ClNO5S. The summed E-state index contributed by atoms with van der Waals surface area (Å²) in [5.74, 6) is -0.852. The van der Waals surface area contributed by atoms with E-state index in [1.807, 2.05) is 0 Å². The number of hydrogen-bond donors (Lipinski definition) is 2. The second-order valence-electron chi connectivity index (χ2n) is 3.76.